The van der Waals surface area contributed by atoms with Crippen LogP contribution >= 0.6 is 0 Å². The van der Waals surface area contributed by atoms with Crippen LogP contribution in [-0.2, 0) is 9.53 Å². The third-order valence-electron chi connectivity index (χ3n) is 4.11. The Morgan fingerprint density at radius 3 is 2.35 bits per heavy atom. The van der Waals surface area contributed by atoms with E-state index in [2.05, 4.69) is 5.32 Å². The summed E-state index contributed by atoms with van der Waals surface area (Å²) in [6.07, 6.45) is 6.02. The third kappa shape index (κ3) is 3.96. The van der Waals surface area contributed by atoms with Crippen molar-refractivity contribution in [3.63, 3.8) is 0 Å². The molecular formula is C13H23NO3. The van der Waals surface area contributed by atoms with Gasteiger partial charge in [0.1, 0.15) is 0 Å². The van der Waals surface area contributed by atoms with Crippen molar-refractivity contribution in [2.24, 2.45) is 11.8 Å². The van der Waals surface area contributed by atoms with Gasteiger partial charge in [-0.2, -0.15) is 0 Å². The van der Waals surface area contributed by atoms with Crippen LogP contribution in [-0.4, -0.2) is 36.9 Å². The lowest BCUT2D eigenvalue weighted by atomic mass is 9.86. The highest BCUT2D eigenvalue weighted by Crippen LogP contribution is 2.25. The summed E-state index contributed by atoms with van der Waals surface area (Å²) in [6.45, 7) is 2.88. The number of nitrogens with one attached hydrogen (secondary N) is 1. The largest absolute Gasteiger partial charge is 0.481 e. The molecule has 1 heterocycles. The van der Waals surface area contributed by atoms with E-state index in [0.717, 1.165) is 64.2 Å². The first-order valence-corrected chi connectivity index (χ1v) is 6.79. The summed E-state index contributed by atoms with van der Waals surface area (Å²) in [4.78, 5) is 10.8. The lowest BCUT2D eigenvalue weighted by molar-refractivity contribution is -0.142. The highest BCUT2D eigenvalue weighted by molar-refractivity contribution is 5.70. The lowest BCUT2D eigenvalue weighted by Crippen LogP contribution is -2.38. The molecule has 1 aliphatic heterocycles. The van der Waals surface area contributed by atoms with E-state index in [4.69, 9.17) is 9.84 Å². The molecule has 2 fully saturated rings. The van der Waals surface area contributed by atoms with Gasteiger partial charge in [-0.3, -0.25) is 4.79 Å². The smallest absolute Gasteiger partial charge is 0.306 e. The second kappa shape index (κ2) is 6.36. The van der Waals surface area contributed by atoms with E-state index < -0.39 is 5.97 Å². The maximum absolute atomic E-state index is 10.8. The summed E-state index contributed by atoms with van der Waals surface area (Å²) in [7, 11) is 0. The molecule has 2 aliphatic rings. The zero-order chi connectivity index (χ0) is 12.1. The molecular weight excluding hydrogens is 218 g/mol. The van der Waals surface area contributed by atoms with Crippen LogP contribution in [0.2, 0.25) is 0 Å². The number of rotatable bonds is 4. The molecule has 0 aromatic carbocycles. The SMILES string of the molecule is O=C(O)C1CCC(NCC2CCOCC2)CC1. The van der Waals surface area contributed by atoms with Gasteiger partial charge in [0.15, 0.2) is 0 Å². The minimum Gasteiger partial charge on any atom is -0.481 e. The standard InChI is InChI=1S/C13H23NO3/c15-13(16)11-1-3-12(4-2-11)14-9-10-5-7-17-8-6-10/h10-12,14H,1-9H2,(H,15,16). The predicted molar refractivity (Wildman–Crippen MR) is 64.9 cm³/mol. The van der Waals surface area contributed by atoms with Crippen LogP contribution < -0.4 is 5.32 Å². The topological polar surface area (TPSA) is 58.6 Å². The van der Waals surface area contributed by atoms with E-state index in [-0.39, 0.29) is 5.92 Å². The summed E-state index contributed by atoms with van der Waals surface area (Å²) in [5, 5.41) is 12.5. The van der Waals surface area contributed by atoms with Crippen LogP contribution in [0, 0.1) is 11.8 Å². The van der Waals surface area contributed by atoms with Crippen molar-refractivity contribution in [1.82, 2.24) is 5.32 Å². The number of carbonyl (C=O) groups is 1. The first-order chi connectivity index (χ1) is 8.25. The Balaban J connectivity index is 1.62. The van der Waals surface area contributed by atoms with Crippen LogP contribution in [0.3, 0.4) is 0 Å². The van der Waals surface area contributed by atoms with Crippen molar-refractivity contribution in [2.75, 3.05) is 19.8 Å². The number of hydrogen-bond donors (Lipinski definition) is 2. The average Bonchev–Trinajstić information content (AvgIpc) is 2.38. The molecule has 1 saturated carbocycles. The van der Waals surface area contributed by atoms with Gasteiger partial charge in [0.2, 0.25) is 0 Å². The van der Waals surface area contributed by atoms with Crippen molar-refractivity contribution < 1.29 is 14.6 Å². The fourth-order valence-corrected chi connectivity index (χ4v) is 2.83. The Bertz CT molecular complexity index is 243. The monoisotopic (exact) mass is 241 g/mol. The van der Waals surface area contributed by atoms with Gasteiger partial charge in [0.05, 0.1) is 5.92 Å². The summed E-state index contributed by atoms with van der Waals surface area (Å²) in [5.41, 5.74) is 0. The summed E-state index contributed by atoms with van der Waals surface area (Å²) >= 11 is 0. The second-order valence-electron chi connectivity index (χ2n) is 5.35. The molecule has 4 heteroatoms. The van der Waals surface area contributed by atoms with Gasteiger partial charge in [-0.05, 0) is 51.0 Å². The van der Waals surface area contributed by atoms with Crippen LogP contribution in [0.5, 0.6) is 0 Å². The molecule has 0 amide bonds. The number of aliphatic carboxylic acids is 1. The van der Waals surface area contributed by atoms with E-state index in [9.17, 15) is 4.79 Å². The van der Waals surface area contributed by atoms with Crippen molar-refractivity contribution >= 4 is 5.97 Å². The molecule has 1 saturated heterocycles. The molecule has 0 aromatic rings. The summed E-state index contributed by atoms with van der Waals surface area (Å²) in [6, 6.07) is 0.536. The fourth-order valence-electron chi connectivity index (χ4n) is 2.83. The fraction of sp³-hybridized carbons (Fsp3) is 0.923. The Hall–Kier alpha value is -0.610. The highest BCUT2D eigenvalue weighted by Gasteiger charge is 2.26. The van der Waals surface area contributed by atoms with Gasteiger partial charge < -0.3 is 15.2 Å². The molecule has 0 atom stereocenters. The van der Waals surface area contributed by atoms with Crippen molar-refractivity contribution in [1.29, 1.82) is 0 Å². The zero-order valence-electron chi connectivity index (χ0n) is 10.4. The van der Waals surface area contributed by atoms with E-state index in [1.54, 1.807) is 0 Å². The molecule has 1 aliphatic carbocycles. The second-order valence-corrected chi connectivity index (χ2v) is 5.35. The van der Waals surface area contributed by atoms with E-state index >= 15 is 0 Å². The highest BCUT2D eigenvalue weighted by atomic mass is 16.5. The Kier molecular flexibility index (Phi) is 4.80. The van der Waals surface area contributed by atoms with Gasteiger partial charge in [0.25, 0.3) is 0 Å². The molecule has 0 unspecified atom stereocenters. The van der Waals surface area contributed by atoms with Gasteiger partial charge >= 0.3 is 5.97 Å². The molecule has 0 spiro atoms. The Morgan fingerprint density at radius 2 is 1.76 bits per heavy atom. The molecule has 17 heavy (non-hydrogen) atoms. The van der Waals surface area contributed by atoms with Crippen molar-refractivity contribution in [3.05, 3.63) is 0 Å². The molecule has 2 N–H and O–H groups in total. The summed E-state index contributed by atoms with van der Waals surface area (Å²) in [5.74, 6) is 0.0324. The van der Waals surface area contributed by atoms with E-state index in [1.165, 1.54) is 0 Å². The zero-order valence-corrected chi connectivity index (χ0v) is 10.4. The number of ether oxygens (including phenoxy) is 1. The molecule has 2 rings (SSSR count). The molecule has 4 nitrogen and oxygen atoms in total. The predicted octanol–water partition coefficient (Wildman–Crippen LogP) is 1.65. The van der Waals surface area contributed by atoms with Gasteiger partial charge in [-0.15, -0.1) is 0 Å². The molecule has 0 bridgehead atoms. The van der Waals surface area contributed by atoms with E-state index in [0.29, 0.717) is 6.04 Å². The maximum atomic E-state index is 10.8. The number of carboxylic acids is 1. The Labute approximate surface area is 103 Å². The van der Waals surface area contributed by atoms with Gasteiger partial charge in [-0.25, -0.2) is 0 Å². The molecule has 98 valence electrons. The van der Waals surface area contributed by atoms with Crippen LogP contribution in [0.25, 0.3) is 0 Å². The lowest BCUT2D eigenvalue weighted by Gasteiger charge is -2.29. The molecule has 0 radical (unpaired) electrons. The number of carboxylic acid groups (broad SMARTS) is 1. The van der Waals surface area contributed by atoms with Gasteiger partial charge in [0, 0.05) is 19.3 Å². The average molecular weight is 241 g/mol. The van der Waals surface area contributed by atoms with Crippen LogP contribution in [0.15, 0.2) is 0 Å². The number of hydrogen-bond acceptors (Lipinski definition) is 3. The van der Waals surface area contributed by atoms with E-state index in [1.807, 2.05) is 0 Å². The van der Waals surface area contributed by atoms with Crippen LogP contribution in [0.1, 0.15) is 38.5 Å². The summed E-state index contributed by atoms with van der Waals surface area (Å²) < 4.78 is 5.34. The molecule has 0 aromatic heterocycles. The first-order valence-electron chi connectivity index (χ1n) is 6.79. The van der Waals surface area contributed by atoms with Gasteiger partial charge in [-0.1, -0.05) is 0 Å². The van der Waals surface area contributed by atoms with Crippen molar-refractivity contribution in [3.8, 4) is 0 Å². The minimum atomic E-state index is -0.618. The van der Waals surface area contributed by atoms with Crippen LogP contribution in [0.4, 0.5) is 0 Å². The minimum absolute atomic E-state index is 0.101. The maximum Gasteiger partial charge on any atom is 0.306 e. The quantitative estimate of drug-likeness (QED) is 0.785. The van der Waals surface area contributed by atoms with Crippen molar-refractivity contribution in [2.45, 2.75) is 44.6 Å². The Morgan fingerprint density at radius 1 is 1.12 bits per heavy atom. The first kappa shape index (κ1) is 12.8. The normalized spacial score (nSPS) is 31.3. The third-order valence-corrected chi connectivity index (χ3v) is 4.11.